The van der Waals surface area contributed by atoms with E-state index in [9.17, 15) is 32.3 Å². The number of alkyl halides is 2. The number of halogens is 5. The minimum absolute atomic E-state index is 0.0227. The molecular weight excluding hydrogens is 668 g/mol. The summed E-state index contributed by atoms with van der Waals surface area (Å²) in [6.45, 7) is 0.552. The molecule has 2 N–H and O–H groups in total. The summed E-state index contributed by atoms with van der Waals surface area (Å²) in [5.41, 5.74) is 1.94. The van der Waals surface area contributed by atoms with Crippen LogP contribution in [0.4, 0.5) is 18.9 Å². The predicted octanol–water partition coefficient (Wildman–Crippen LogP) is 6.29. The summed E-state index contributed by atoms with van der Waals surface area (Å²) in [5.74, 6) is -5.69. The second kappa shape index (κ2) is 15.5. The molecule has 0 aliphatic carbocycles. The van der Waals surface area contributed by atoms with Gasteiger partial charge in [0, 0.05) is 63.8 Å². The van der Waals surface area contributed by atoms with Crippen LogP contribution in [-0.4, -0.2) is 70.9 Å². The van der Waals surface area contributed by atoms with E-state index in [-0.39, 0.29) is 86.2 Å². The monoisotopic (exact) mass is 702 g/mol. The Balaban J connectivity index is 1.34. The van der Waals surface area contributed by atoms with Crippen LogP contribution in [-0.2, 0) is 27.3 Å². The van der Waals surface area contributed by atoms with E-state index in [0.717, 1.165) is 11.1 Å². The number of Topliss-reactive ketones (excluding diaryl/α,β-unsaturated/α-hetero) is 1. The molecule has 8 nitrogen and oxygen atoms in total. The highest BCUT2D eigenvalue weighted by Gasteiger charge is 2.37. The fourth-order valence-electron chi connectivity index (χ4n) is 5.95. The predicted molar refractivity (Wildman–Crippen MR) is 177 cm³/mol. The highest BCUT2D eigenvalue weighted by Crippen LogP contribution is 2.31. The minimum Gasteiger partial charge on any atom is -0.342 e. The summed E-state index contributed by atoms with van der Waals surface area (Å²) in [5, 5.41) is 4.77. The first-order valence-corrected chi connectivity index (χ1v) is 16.5. The number of carbonyl (C=O) groups is 4. The molecule has 1 fully saturated rings. The van der Waals surface area contributed by atoms with Crippen molar-refractivity contribution in [2.75, 3.05) is 25.0 Å². The van der Waals surface area contributed by atoms with Crippen molar-refractivity contribution >= 4 is 52.4 Å². The van der Waals surface area contributed by atoms with Crippen molar-refractivity contribution in [2.24, 2.45) is 0 Å². The third-order valence-electron chi connectivity index (χ3n) is 8.78. The quantitative estimate of drug-likeness (QED) is 0.181. The standard InChI is InChI=1S/C35H35Cl2F3N4O4/c36-25-10-11-26(32(38)31(25)37)41-33(47)27(14-17-43-18-15-35(39,40)16-19-43)42-34(48)28-20-23-8-4-5-9-24(23)21-44(28)30(46)13-12-29(45)22-6-2-1-3-7-22/h1-11,27-28H,12-21H2,(H,41,47)(H,42,48)/t27-,28-/m0/s1. The maximum Gasteiger partial charge on any atom is 0.250 e. The number of fused-ring (bicyclic) bond motifs is 1. The van der Waals surface area contributed by atoms with E-state index in [2.05, 4.69) is 10.6 Å². The van der Waals surface area contributed by atoms with Gasteiger partial charge in [-0.2, -0.15) is 0 Å². The number of hydrogen-bond acceptors (Lipinski definition) is 5. The first-order valence-electron chi connectivity index (χ1n) is 15.7. The normalized spacial score (nSPS) is 18.0. The van der Waals surface area contributed by atoms with Crippen molar-refractivity contribution in [1.82, 2.24) is 15.1 Å². The van der Waals surface area contributed by atoms with Gasteiger partial charge in [-0.1, -0.05) is 77.8 Å². The summed E-state index contributed by atoms with van der Waals surface area (Å²) in [7, 11) is 0. The van der Waals surface area contributed by atoms with Crippen LogP contribution in [0.2, 0.25) is 10.0 Å². The fraction of sp³-hybridized carbons (Fsp3) is 0.371. The van der Waals surface area contributed by atoms with Gasteiger partial charge in [0.1, 0.15) is 12.1 Å². The van der Waals surface area contributed by atoms with Gasteiger partial charge in [0.15, 0.2) is 11.6 Å². The average molecular weight is 704 g/mol. The molecule has 2 heterocycles. The highest BCUT2D eigenvalue weighted by atomic mass is 35.5. The van der Waals surface area contributed by atoms with Gasteiger partial charge in [-0.3, -0.25) is 19.2 Å². The zero-order valence-electron chi connectivity index (χ0n) is 26.0. The molecule has 0 unspecified atom stereocenters. The van der Waals surface area contributed by atoms with Gasteiger partial charge in [0.25, 0.3) is 5.92 Å². The molecule has 5 rings (SSSR count). The number of piperidine rings is 1. The maximum absolute atomic E-state index is 14.8. The highest BCUT2D eigenvalue weighted by molar-refractivity contribution is 6.42. The molecule has 0 aromatic heterocycles. The van der Waals surface area contributed by atoms with Crippen molar-refractivity contribution in [3.63, 3.8) is 0 Å². The molecule has 13 heteroatoms. The van der Waals surface area contributed by atoms with Crippen molar-refractivity contribution < 1.29 is 32.3 Å². The van der Waals surface area contributed by atoms with E-state index in [1.807, 2.05) is 24.3 Å². The number of benzene rings is 3. The second-order valence-corrected chi connectivity index (χ2v) is 12.8. The lowest BCUT2D eigenvalue weighted by Gasteiger charge is -2.37. The molecule has 3 aromatic carbocycles. The molecule has 0 radical (unpaired) electrons. The van der Waals surface area contributed by atoms with Crippen LogP contribution >= 0.6 is 23.2 Å². The van der Waals surface area contributed by atoms with E-state index in [0.29, 0.717) is 5.56 Å². The zero-order valence-corrected chi connectivity index (χ0v) is 27.5. The van der Waals surface area contributed by atoms with Crippen LogP contribution in [0, 0.1) is 5.82 Å². The number of amides is 3. The molecule has 2 aliphatic heterocycles. The smallest absolute Gasteiger partial charge is 0.250 e. The Hall–Kier alpha value is -3.93. The molecule has 0 saturated carbocycles. The second-order valence-electron chi connectivity index (χ2n) is 12.1. The van der Waals surface area contributed by atoms with Crippen molar-refractivity contribution in [3.05, 3.63) is 99.3 Å². The molecule has 254 valence electrons. The van der Waals surface area contributed by atoms with Gasteiger partial charge in [0.2, 0.25) is 17.7 Å². The van der Waals surface area contributed by atoms with E-state index >= 15 is 0 Å². The van der Waals surface area contributed by atoms with E-state index in [1.54, 1.807) is 35.2 Å². The summed E-state index contributed by atoms with van der Waals surface area (Å²) in [4.78, 5) is 57.0. The van der Waals surface area contributed by atoms with Gasteiger partial charge in [-0.05, 0) is 29.7 Å². The summed E-state index contributed by atoms with van der Waals surface area (Å²) < 4.78 is 42.4. The first-order chi connectivity index (χ1) is 22.9. The largest absolute Gasteiger partial charge is 0.342 e. The molecule has 2 aliphatic rings. The van der Waals surface area contributed by atoms with Gasteiger partial charge >= 0.3 is 0 Å². The molecule has 48 heavy (non-hydrogen) atoms. The lowest BCUT2D eigenvalue weighted by Crippen LogP contribution is -2.56. The SMILES string of the molecule is O=C(CCC(=O)N1Cc2ccccc2C[C@H]1C(=O)N[C@@H](CCN1CCC(F)(F)CC1)C(=O)Nc1ccc(Cl)c(Cl)c1F)c1ccccc1. The minimum atomic E-state index is -2.76. The molecule has 1 saturated heterocycles. The molecule has 3 aromatic rings. The summed E-state index contributed by atoms with van der Waals surface area (Å²) in [6, 6.07) is 16.3. The Labute approximate surface area is 286 Å². The number of nitrogens with one attached hydrogen (secondary N) is 2. The van der Waals surface area contributed by atoms with Crippen molar-refractivity contribution in [1.29, 1.82) is 0 Å². The molecular formula is C35H35Cl2F3N4O4. The van der Waals surface area contributed by atoms with Gasteiger partial charge in [-0.25, -0.2) is 13.2 Å². The fourth-order valence-corrected chi connectivity index (χ4v) is 6.26. The molecule has 0 spiro atoms. The topological polar surface area (TPSA) is 98.8 Å². The number of rotatable bonds is 11. The summed E-state index contributed by atoms with van der Waals surface area (Å²) >= 11 is 11.8. The Morgan fingerprint density at radius 2 is 1.56 bits per heavy atom. The number of carbonyl (C=O) groups excluding carboxylic acids is 4. The van der Waals surface area contributed by atoms with Crippen molar-refractivity contribution in [3.8, 4) is 0 Å². The molecule has 2 atom stereocenters. The Morgan fingerprint density at radius 1 is 0.896 bits per heavy atom. The van der Waals surface area contributed by atoms with E-state index < -0.39 is 41.5 Å². The third-order valence-corrected chi connectivity index (χ3v) is 9.56. The van der Waals surface area contributed by atoms with Crippen LogP contribution in [0.1, 0.15) is 53.6 Å². The number of ketones is 1. The zero-order chi connectivity index (χ0) is 34.4. The van der Waals surface area contributed by atoms with Crippen LogP contribution in [0.25, 0.3) is 0 Å². The number of nitrogens with zero attached hydrogens (tertiary/aromatic N) is 2. The van der Waals surface area contributed by atoms with Gasteiger partial charge in [0.05, 0.1) is 15.7 Å². The third kappa shape index (κ3) is 8.75. The van der Waals surface area contributed by atoms with Crippen LogP contribution in [0.15, 0.2) is 66.7 Å². The van der Waals surface area contributed by atoms with Crippen LogP contribution < -0.4 is 10.6 Å². The summed E-state index contributed by atoms with van der Waals surface area (Å²) in [6.07, 6.45) is -0.636. The van der Waals surface area contributed by atoms with Crippen molar-refractivity contribution in [2.45, 2.75) is 63.1 Å². The lowest BCUT2D eigenvalue weighted by molar-refractivity contribution is -0.142. The Kier molecular flexibility index (Phi) is 11.4. The maximum atomic E-state index is 14.8. The Bertz CT molecular complexity index is 1670. The van der Waals surface area contributed by atoms with Gasteiger partial charge < -0.3 is 20.4 Å². The van der Waals surface area contributed by atoms with Gasteiger partial charge in [-0.15, -0.1) is 0 Å². The van der Waals surface area contributed by atoms with Crippen LogP contribution in [0.5, 0.6) is 0 Å². The lowest BCUT2D eigenvalue weighted by atomic mass is 9.92. The number of hydrogen-bond donors (Lipinski definition) is 2. The molecule has 3 amide bonds. The van der Waals surface area contributed by atoms with E-state index in [1.165, 1.54) is 17.0 Å². The average Bonchev–Trinajstić information content (AvgIpc) is 3.09. The molecule has 0 bridgehead atoms. The number of likely N-dealkylation sites (tertiary alicyclic amines) is 1. The van der Waals surface area contributed by atoms with Crippen LogP contribution in [0.3, 0.4) is 0 Å². The Morgan fingerprint density at radius 3 is 2.27 bits per heavy atom. The van der Waals surface area contributed by atoms with E-state index in [4.69, 9.17) is 23.2 Å². The first kappa shape index (κ1) is 35.4. The number of anilines is 1.